The lowest BCUT2D eigenvalue weighted by Crippen LogP contribution is -3.00. The number of halogens is 1. The summed E-state index contributed by atoms with van der Waals surface area (Å²) in [6.07, 6.45) is 2.62. The van der Waals surface area contributed by atoms with Gasteiger partial charge in [-0.2, -0.15) is 0 Å². The van der Waals surface area contributed by atoms with Gasteiger partial charge in [-0.1, -0.05) is 0 Å². The second-order valence-corrected chi connectivity index (χ2v) is 8.95. The van der Waals surface area contributed by atoms with Crippen molar-refractivity contribution in [1.29, 1.82) is 0 Å². The van der Waals surface area contributed by atoms with Crippen molar-refractivity contribution in [2.24, 2.45) is 0 Å². The average molecular weight is 321 g/mol. The summed E-state index contributed by atoms with van der Waals surface area (Å²) in [7, 11) is -1.60. The van der Waals surface area contributed by atoms with Crippen LogP contribution in [0.1, 0.15) is 20.8 Å². The first kappa shape index (κ1) is 18.7. The van der Waals surface area contributed by atoms with Crippen molar-refractivity contribution in [3.63, 3.8) is 0 Å². The van der Waals surface area contributed by atoms with Gasteiger partial charge >= 0.3 is 5.69 Å². The van der Waals surface area contributed by atoms with Crippen LogP contribution in [-0.2, 0) is 0 Å². The van der Waals surface area contributed by atoms with Gasteiger partial charge in [0.05, 0.1) is 41.7 Å². The number of benzene rings is 1. The second-order valence-electron chi connectivity index (χ2n) is 4.28. The molecule has 0 spiro atoms. The summed E-state index contributed by atoms with van der Waals surface area (Å²) in [6, 6.07) is 4.05. The van der Waals surface area contributed by atoms with E-state index in [1.165, 1.54) is 6.07 Å². The van der Waals surface area contributed by atoms with Crippen molar-refractivity contribution in [3.8, 4) is 0 Å². The molecule has 0 aliphatic heterocycles. The molecule has 20 heavy (non-hydrogen) atoms. The quantitative estimate of drug-likeness (QED) is 0.426. The highest BCUT2D eigenvalue weighted by atomic mass is 35.5. The van der Waals surface area contributed by atoms with Gasteiger partial charge in [0, 0.05) is 6.07 Å². The minimum atomic E-state index is -1.60. The van der Waals surface area contributed by atoms with E-state index in [0.717, 1.165) is 24.6 Å². The molecule has 0 saturated carbocycles. The first-order valence-electron chi connectivity index (χ1n) is 6.21. The van der Waals surface area contributed by atoms with Crippen molar-refractivity contribution in [2.45, 2.75) is 20.8 Å². The first-order valence-corrected chi connectivity index (χ1v) is 8.55. The van der Waals surface area contributed by atoms with E-state index in [0.29, 0.717) is 5.30 Å². The number of nitro groups is 2. The van der Waals surface area contributed by atoms with Gasteiger partial charge in [0.1, 0.15) is 0 Å². The lowest BCUT2D eigenvalue weighted by Gasteiger charge is -2.22. The van der Waals surface area contributed by atoms with Crippen LogP contribution >= 0.6 is 7.26 Å². The van der Waals surface area contributed by atoms with Crippen molar-refractivity contribution < 1.29 is 22.3 Å². The van der Waals surface area contributed by atoms with Gasteiger partial charge in [-0.05, 0) is 26.8 Å². The molecule has 0 aliphatic rings. The van der Waals surface area contributed by atoms with Gasteiger partial charge in [0.15, 0.2) is 5.30 Å². The standard InChI is InChI=1S/C12H18N2O4P.ClH/c1-4-19(5-2,6-3)12-8-7-10(13(15)16)9-11(12)14(17)18;/h7-9H,4-6H2,1-3H3;1H/q+1;/p-1. The Morgan fingerprint density at radius 1 is 1.00 bits per heavy atom. The molecule has 1 aromatic carbocycles. The Morgan fingerprint density at radius 3 is 1.85 bits per heavy atom. The number of non-ortho nitro benzene ring substituents is 1. The lowest BCUT2D eigenvalue weighted by molar-refractivity contribution is -0.393. The normalized spacial score (nSPS) is 10.8. The predicted octanol–water partition coefficient (Wildman–Crippen LogP) is 0.210. The molecule has 8 heteroatoms. The molecule has 0 atom stereocenters. The highest BCUT2D eigenvalue weighted by Gasteiger charge is 2.41. The fourth-order valence-electron chi connectivity index (χ4n) is 2.35. The minimum absolute atomic E-state index is 0. The van der Waals surface area contributed by atoms with Crippen molar-refractivity contribution in [2.75, 3.05) is 18.5 Å². The summed E-state index contributed by atoms with van der Waals surface area (Å²) in [5.41, 5.74) is -0.329. The van der Waals surface area contributed by atoms with Gasteiger partial charge in [-0.15, -0.1) is 0 Å². The number of hydrogen-bond acceptors (Lipinski definition) is 4. The predicted molar refractivity (Wildman–Crippen MR) is 77.9 cm³/mol. The summed E-state index contributed by atoms with van der Waals surface area (Å²) in [5.74, 6) is 0. The van der Waals surface area contributed by atoms with Gasteiger partial charge in [-0.25, -0.2) is 0 Å². The molecular weight excluding hydrogens is 303 g/mol. The molecule has 0 N–H and O–H groups in total. The maximum atomic E-state index is 11.2. The fourth-order valence-corrected chi connectivity index (χ4v) is 5.74. The summed E-state index contributed by atoms with van der Waals surface area (Å²) >= 11 is 0. The van der Waals surface area contributed by atoms with E-state index in [-0.39, 0.29) is 23.8 Å². The molecule has 0 unspecified atom stereocenters. The molecule has 112 valence electrons. The third kappa shape index (κ3) is 3.44. The number of nitrogens with zero attached hydrogens (tertiary/aromatic N) is 2. The van der Waals surface area contributed by atoms with Gasteiger partial charge in [0.2, 0.25) is 0 Å². The molecule has 1 aromatic rings. The summed E-state index contributed by atoms with van der Waals surface area (Å²) in [6.45, 7) is 6.10. The monoisotopic (exact) mass is 320 g/mol. The molecule has 0 fully saturated rings. The minimum Gasteiger partial charge on any atom is -1.00 e. The zero-order valence-electron chi connectivity index (χ0n) is 11.7. The Morgan fingerprint density at radius 2 is 1.50 bits per heavy atom. The zero-order chi connectivity index (χ0) is 14.6. The molecule has 0 bridgehead atoms. The molecule has 0 heterocycles. The van der Waals surface area contributed by atoms with Crippen LogP contribution in [0.15, 0.2) is 18.2 Å². The van der Waals surface area contributed by atoms with E-state index >= 15 is 0 Å². The Hall–Kier alpha value is -1.26. The molecular formula is C12H18ClN2O4P. The Bertz CT molecular complexity index is 498. The van der Waals surface area contributed by atoms with Gasteiger partial charge < -0.3 is 12.4 Å². The second kappa shape index (κ2) is 7.50. The smallest absolute Gasteiger partial charge is 0.317 e. The van der Waals surface area contributed by atoms with Crippen LogP contribution in [0.3, 0.4) is 0 Å². The number of rotatable bonds is 6. The number of hydrogen-bond donors (Lipinski definition) is 0. The van der Waals surface area contributed by atoms with Crippen LogP contribution in [0.25, 0.3) is 0 Å². The Labute approximate surface area is 124 Å². The SMILES string of the molecule is CC[P+](CC)(CC)c1ccc([N+](=O)[O-])cc1[N+](=O)[O-].[Cl-]. The zero-order valence-corrected chi connectivity index (χ0v) is 13.4. The molecule has 0 saturated heterocycles. The summed E-state index contributed by atoms with van der Waals surface area (Å²) < 4.78 is 0. The topological polar surface area (TPSA) is 86.3 Å². The Kier molecular flexibility index (Phi) is 7.03. The van der Waals surface area contributed by atoms with Crippen LogP contribution in [0, 0.1) is 20.2 Å². The molecule has 0 aliphatic carbocycles. The first-order chi connectivity index (χ1) is 8.91. The van der Waals surface area contributed by atoms with Crippen molar-refractivity contribution in [1.82, 2.24) is 0 Å². The molecule has 1 rings (SSSR count). The van der Waals surface area contributed by atoms with Crippen molar-refractivity contribution in [3.05, 3.63) is 38.4 Å². The van der Waals surface area contributed by atoms with E-state index in [4.69, 9.17) is 0 Å². The third-order valence-electron chi connectivity index (χ3n) is 3.69. The van der Waals surface area contributed by atoms with Crippen LogP contribution in [0.4, 0.5) is 11.4 Å². The van der Waals surface area contributed by atoms with Crippen LogP contribution in [-0.4, -0.2) is 28.3 Å². The molecule has 0 amide bonds. The highest BCUT2D eigenvalue weighted by molar-refractivity contribution is 7.83. The van der Waals surface area contributed by atoms with E-state index in [2.05, 4.69) is 0 Å². The van der Waals surface area contributed by atoms with Crippen LogP contribution in [0.5, 0.6) is 0 Å². The highest BCUT2D eigenvalue weighted by Crippen LogP contribution is 2.58. The molecule has 0 radical (unpaired) electrons. The Balaban J connectivity index is 0.00000361. The van der Waals surface area contributed by atoms with E-state index in [1.807, 2.05) is 20.8 Å². The maximum Gasteiger partial charge on any atom is 0.317 e. The molecule has 0 aromatic heterocycles. The average Bonchev–Trinajstić information content (AvgIpc) is 2.41. The van der Waals surface area contributed by atoms with Gasteiger partial charge in [-0.3, -0.25) is 20.2 Å². The third-order valence-corrected chi connectivity index (χ3v) is 8.73. The van der Waals surface area contributed by atoms with Crippen molar-refractivity contribution >= 4 is 23.9 Å². The lowest BCUT2D eigenvalue weighted by atomic mass is 10.3. The molecule has 6 nitrogen and oxygen atoms in total. The summed E-state index contributed by atoms with van der Waals surface area (Å²) in [5, 5.41) is 22.6. The van der Waals surface area contributed by atoms with Gasteiger partial charge in [0.25, 0.3) is 5.69 Å². The summed E-state index contributed by atoms with van der Waals surface area (Å²) in [4.78, 5) is 20.8. The number of nitro benzene ring substituents is 2. The van der Waals surface area contributed by atoms with E-state index < -0.39 is 17.1 Å². The van der Waals surface area contributed by atoms with E-state index in [1.54, 1.807) is 6.07 Å². The largest absolute Gasteiger partial charge is 1.00 e. The van der Waals surface area contributed by atoms with E-state index in [9.17, 15) is 20.2 Å². The van der Waals surface area contributed by atoms with Crippen LogP contribution < -0.4 is 17.7 Å². The van der Waals surface area contributed by atoms with Crippen LogP contribution in [0.2, 0.25) is 0 Å². The fraction of sp³-hybridized carbons (Fsp3) is 0.500. The maximum absolute atomic E-state index is 11.2.